The lowest BCUT2D eigenvalue weighted by atomic mass is 10.2. The summed E-state index contributed by atoms with van der Waals surface area (Å²) < 4.78 is 41.1. The lowest BCUT2D eigenvalue weighted by molar-refractivity contribution is -0.114. The van der Waals surface area contributed by atoms with E-state index in [2.05, 4.69) is 15.0 Å². The van der Waals surface area contributed by atoms with E-state index >= 15 is 0 Å². The van der Waals surface area contributed by atoms with Gasteiger partial charge in [0.2, 0.25) is 5.91 Å². The van der Waals surface area contributed by atoms with Crippen LogP contribution in [0.4, 0.5) is 11.4 Å². The van der Waals surface area contributed by atoms with Crippen LogP contribution in [0.1, 0.15) is 17.3 Å². The second-order valence-corrected chi connectivity index (χ2v) is 10.9. The maximum atomic E-state index is 13.1. The molecule has 0 aliphatic rings. The summed E-state index contributed by atoms with van der Waals surface area (Å²) in [7, 11) is -0.796. The van der Waals surface area contributed by atoms with Gasteiger partial charge in [-0.25, -0.2) is 8.42 Å². The van der Waals surface area contributed by atoms with Crippen molar-refractivity contribution < 1.29 is 27.5 Å². The van der Waals surface area contributed by atoms with Gasteiger partial charge in [-0.05, 0) is 60.7 Å². The van der Waals surface area contributed by atoms with Crippen molar-refractivity contribution in [3.8, 4) is 5.75 Å². The number of methoxy groups -OCH3 is 2. The van der Waals surface area contributed by atoms with Gasteiger partial charge in [-0.3, -0.25) is 14.3 Å². The molecule has 1 heterocycles. The number of hydrogen-bond acceptors (Lipinski definition) is 7. The maximum absolute atomic E-state index is 13.1. The first-order valence-electron chi connectivity index (χ1n) is 11.5. The molecule has 0 bridgehead atoms. The number of anilines is 2. The molecule has 4 rings (SSSR count). The van der Waals surface area contributed by atoms with E-state index in [1.165, 1.54) is 43.6 Å². The number of amides is 2. The van der Waals surface area contributed by atoms with Crippen molar-refractivity contribution in [2.24, 2.45) is 4.99 Å². The molecule has 198 valence electrons. The summed E-state index contributed by atoms with van der Waals surface area (Å²) in [6.45, 7) is 2.30. The Kier molecular flexibility index (Phi) is 8.25. The van der Waals surface area contributed by atoms with E-state index in [0.29, 0.717) is 29.4 Å². The number of fused-ring (bicyclic) bond motifs is 1. The van der Waals surface area contributed by atoms with Crippen LogP contribution in [0, 0.1) is 0 Å². The molecule has 0 aliphatic carbocycles. The second kappa shape index (κ2) is 11.6. The lowest BCUT2D eigenvalue weighted by Gasteiger charge is -2.09. The normalized spacial score (nSPS) is 11.9. The zero-order valence-corrected chi connectivity index (χ0v) is 22.6. The molecule has 2 N–H and O–H groups in total. The molecule has 38 heavy (non-hydrogen) atoms. The fraction of sp³-hybridized carbons (Fsp3) is 0.192. The SMILES string of the molecule is COCCn1c(=NC(=O)c2cccc(NS(=O)(=O)c3ccc(OC)cc3)c2)sc2cc(NC(C)=O)ccc21. The Balaban J connectivity index is 1.65. The van der Waals surface area contributed by atoms with Crippen LogP contribution in [0.2, 0.25) is 0 Å². The third-order valence-corrected chi connectivity index (χ3v) is 7.89. The topological polar surface area (TPSA) is 128 Å². The molecule has 1 aromatic heterocycles. The number of rotatable bonds is 9. The summed E-state index contributed by atoms with van der Waals surface area (Å²) in [6.07, 6.45) is 0. The van der Waals surface area contributed by atoms with E-state index < -0.39 is 15.9 Å². The minimum atomic E-state index is -3.88. The molecule has 0 fully saturated rings. The number of carbonyl (C=O) groups is 2. The molecule has 0 saturated heterocycles. The van der Waals surface area contributed by atoms with Crippen LogP contribution in [0.5, 0.6) is 5.75 Å². The first-order chi connectivity index (χ1) is 18.2. The molecular formula is C26H26N4O6S2. The van der Waals surface area contributed by atoms with Gasteiger partial charge in [0.25, 0.3) is 15.9 Å². The Bertz CT molecular complexity index is 1660. The predicted octanol–water partition coefficient (Wildman–Crippen LogP) is 3.86. The number of carbonyl (C=O) groups excluding carboxylic acids is 2. The Morgan fingerprint density at radius 3 is 2.45 bits per heavy atom. The minimum absolute atomic E-state index is 0.0582. The van der Waals surface area contributed by atoms with Crippen LogP contribution in [0.3, 0.4) is 0 Å². The smallest absolute Gasteiger partial charge is 0.279 e. The number of ether oxygens (including phenoxy) is 2. The van der Waals surface area contributed by atoms with Crippen LogP contribution in [-0.2, 0) is 26.1 Å². The van der Waals surface area contributed by atoms with Crippen molar-refractivity contribution in [1.29, 1.82) is 0 Å². The first kappa shape index (κ1) is 27.0. The summed E-state index contributed by atoms with van der Waals surface area (Å²) in [5, 5.41) is 2.75. The Labute approximate surface area is 223 Å². The summed E-state index contributed by atoms with van der Waals surface area (Å²) in [4.78, 5) is 29.4. The highest BCUT2D eigenvalue weighted by Gasteiger charge is 2.16. The van der Waals surface area contributed by atoms with E-state index in [-0.39, 0.29) is 22.1 Å². The number of aromatic nitrogens is 1. The van der Waals surface area contributed by atoms with Gasteiger partial charge in [0.15, 0.2) is 4.80 Å². The standard InChI is InChI=1S/C26H26N4O6S2/c1-17(31)27-19-7-12-23-24(16-19)37-26(30(23)13-14-35-2)28-25(32)18-5-4-6-20(15-18)29-38(33,34)22-10-8-21(36-3)9-11-22/h4-12,15-16,29H,13-14H2,1-3H3,(H,27,31). The van der Waals surface area contributed by atoms with Crippen molar-refractivity contribution >= 4 is 54.8 Å². The van der Waals surface area contributed by atoms with Gasteiger partial charge in [0, 0.05) is 37.5 Å². The average molecular weight is 555 g/mol. The molecule has 0 saturated carbocycles. The Hall–Kier alpha value is -4.00. The van der Waals surface area contributed by atoms with Crippen LogP contribution in [-0.4, -0.2) is 45.6 Å². The molecule has 4 aromatic rings. The van der Waals surface area contributed by atoms with Crippen LogP contribution in [0.15, 0.2) is 76.6 Å². The highest BCUT2D eigenvalue weighted by molar-refractivity contribution is 7.92. The van der Waals surface area contributed by atoms with E-state index in [1.807, 2.05) is 16.7 Å². The van der Waals surface area contributed by atoms with Gasteiger partial charge >= 0.3 is 0 Å². The molecule has 10 nitrogen and oxygen atoms in total. The highest BCUT2D eigenvalue weighted by atomic mass is 32.2. The van der Waals surface area contributed by atoms with E-state index in [4.69, 9.17) is 9.47 Å². The average Bonchev–Trinajstić information content (AvgIpc) is 3.22. The van der Waals surface area contributed by atoms with Crippen molar-refractivity contribution in [2.75, 3.05) is 30.9 Å². The Morgan fingerprint density at radius 1 is 1.00 bits per heavy atom. The summed E-state index contributed by atoms with van der Waals surface area (Å²) in [6, 6.07) is 17.6. The zero-order chi connectivity index (χ0) is 27.3. The summed E-state index contributed by atoms with van der Waals surface area (Å²) in [5.74, 6) is -0.181. The molecular weight excluding hydrogens is 528 g/mol. The van der Waals surface area contributed by atoms with Crippen LogP contribution < -0.4 is 19.6 Å². The predicted molar refractivity (Wildman–Crippen MR) is 146 cm³/mol. The number of thiazole rings is 1. The first-order valence-corrected chi connectivity index (χ1v) is 13.8. The third-order valence-electron chi connectivity index (χ3n) is 5.45. The number of sulfonamides is 1. The van der Waals surface area contributed by atoms with Gasteiger partial charge in [-0.1, -0.05) is 17.4 Å². The van der Waals surface area contributed by atoms with Gasteiger partial charge < -0.3 is 19.4 Å². The van der Waals surface area contributed by atoms with Crippen molar-refractivity contribution in [3.63, 3.8) is 0 Å². The fourth-order valence-electron chi connectivity index (χ4n) is 3.67. The largest absolute Gasteiger partial charge is 0.497 e. The third kappa shape index (κ3) is 6.28. The monoisotopic (exact) mass is 554 g/mol. The van der Waals surface area contributed by atoms with Crippen molar-refractivity contribution in [1.82, 2.24) is 4.57 Å². The molecule has 0 unspecified atom stereocenters. The summed E-state index contributed by atoms with van der Waals surface area (Å²) >= 11 is 1.30. The number of nitrogens with zero attached hydrogens (tertiary/aromatic N) is 2. The maximum Gasteiger partial charge on any atom is 0.279 e. The second-order valence-electron chi connectivity index (χ2n) is 8.17. The lowest BCUT2D eigenvalue weighted by Crippen LogP contribution is -2.19. The summed E-state index contributed by atoms with van der Waals surface area (Å²) in [5.41, 5.74) is 1.92. The molecule has 0 atom stereocenters. The molecule has 0 radical (unpaired) electrons. The minimum Gasteiger partial charge on any atom is -0.497 e. The van der Waals surface area contributed by atoms with Crippen LogP contribution >= 0.6 is 11.3 Å². The van der Waals surface area contributed by atoms with E-state index in [0.717, 1.165) is 10.2 Å². The zero-order valence-electron chi connectivity index (χ0n) is 20.9. The molecule has 2 amide bonds. The number of hydrogen-bond donors (Lipinski definition) is 2. The van der Waals surface area contributed by atoms with Gasteiger partial charge in [0.05, 0.1) is 28.8 Å². The number of nitrogens with one attached hydrogen (secondary N) is 2. The van der Waals surface area contributed by atoms with Gasteiger partial charge in [0.1, 0.15) is 5.75 Å². The van der Waals surface area contributed by atoms with Crippen molar-refractivity contribution in [2.45, 2.75) is 18.4 Å². The highest BCUT2D eigenvalue weighted by Crippen LogP contribution is 2.23. The van der Waals surface area contributed by atoms with E-state index in [9.17, 15) is 18.0 Å². The molecule has 3 aromatic carbocycles. The quantitative estimate of drug-likeness (QED) is 0.323. The Morgan fingerprint density at radius 2 is 1.76 bits per heavy atom. The van der Waals surface area contributed by atoms with Crippen LogP contribution in [0.25, 0.3) is 10.2 Å². The number of benzene rings is 3. The molecule has 0 spiro atoms. The molecule has 0 aliphatic heterocycles. The van der Waals surface area contributed by atoms with Gasteiger partial charge in [-0.15, -0.1) is 0 Å². The van der Waals surface area contributed by atoms with E-state index in [1.54, 1.807) is 43.5 Å². The molecule has 12 heteroatoms. The fourth-order valence-corrected chi connectivity index (χ4v) is 5.82. The van der Waals surface area contributed by atoms with Gasteiger partial charge in [-0.2, -0.15) is 4.99 Å². The van der Waals surface area contributed by atoms with Crippen molar-refractivity contribution in [3.05, 3.63) is 77.1 Å².